The van der Waals surface area contributed by atoms with Crippen LogP contribution in [0.15, 0.2) is 48.5 Å². The lowest BCUT2D eigenvalue weighted by Gasteiger charge is -2.26. The standard InChI is InChI=1S/C19H19F2NO4/c1-12(26-14-8-9-15(20)16(21)10-14)17(23)22-11-19(2,18(24)25)13-6-4-3-5-7-13/h3-10,12H,11H2,1-2H3,(H,22,23)(H,24,25). The number of halogens is 2. The maximum absolute atomic E-state index is 13.2. The van der Waals surface area contributed by atoms with Gasteiger partial charge in [0.15, 0.2) is 17.7 Å². The molecule has 1 amide bonds. The molecule has 2 rings (SSSR count). The summed E-state index contributed by atoms with van der Waals surface area (Å²) < 4.78 is 31.4. The minimum Gasteiger partial charge on any atom is -0.481 e. The van der Waals surface area contributed by atoms with Crippen molar-refractivity contribution in [3.8, 4) is 5.75 Å². The summed E-state index contributed by atoms with van der Waals surface area (Å²) in [5.74, 6) is -3.76. The van der Waals surface area contributed by atoms with Crippen molar-refractivity contribution >= 4 is 11.9 Å². The largest absolute Gasteiger partial charge is 0.481 e. The van der Waals surface area contributed by atoms with Gasteiger partial charge < -0.3 is 15.2 Å². The first-order valence-corrected chi connectivity index (χ1v) is 7.92. The van der Waals surface area contributed by atoms with E-state index in [2.05, 4.69) is 5.32 Å². The number of carboxylic acids is 1. The van der Waals surface area contributed by atoms with E-state index in [4.69, 9.17) is 4.74 Å². The van der Waals surface area contributed by atoms with Gasteiger partial charge >= 0.3 is 5.97 Å². The highest BCUT2D eigenvalue weighted by Crippen LogP contribution is 2.23. The number of hydrogen-bond donors (Lipinski definition) is 2. The van der Waals surface area contributed by atoms with Crippen LogP contribution >= 0.6 is 0 Å². The highest BCUT2D eigenvalue weighted by atomic mass is 19.2. The molecular formula is C19H19F2NO4. The van der Waals surface area contributed by atoms with Gasteiger partial charge in [0.25, 0.3) is 5.91 Å². The Morgan fingerprint density at radius 3 is 2.38 bits per heavy atom. The SMILES string of the molecule is CC(Oc1ccc(F)c(F)c1)C(=O)NCC(C)(C(=O)O)c1ccccc1. The molecule has 2 N–H and O–H groups in total. The molecule has 2 unspecified atom stereocenters. The van der Waals surface area contributed by atoms with Gasteiger partial charge in [-0.3, -0.25) is 9.59 Å². The maximum atomic E-state index is 13.2. The Morgan fingerprint density at radius 1 is 1.15 bits per heavy atom. The number of carboxylic acid groups (broad SMARTS) is 1. The monoisotopic (exact) mass is 363 g/mol. The fourth-order valence-electron chi connectivity index (χ4n) is 2.32. The molecule has 0 bridgehead atoms. The van der Waals surface area contributed by atoms with Gasteiger partial charge in [0.05, 0.1) is 0 Å². The number of hydrogen-bond acceptors (Lipinski definition) is 3. The third-order valence-electron chi connectivity index (χ3n) is 4.07. The van der Waals surface area contributed by atoms with Crippen molar-refractivity contribution in [3.63, 3.8) is 0 Å². The maximum Gasteiger partial charge on any atom is 0.315 e. The summed E-state index contributed by atoms with van der Waals surface area (Å²) in [6, 6.07) is 11.5. The van der Waals surface area contributed by atoms with E-state index >= 15 is 0 Å². The van der Waals surface area contributed by atoms with Crippen LogP contribution in [0.2, 0.25) is 0 Å². The Kier molecular flexibility index (Phi) is 5.92. The molecule has 138 valence electrons. The van der Waals surface area contributed by atoms with E-state index in [0.717, 1.165) is 12.1 Å². The normalized spacial score (nSPS) is 14.2. The van der Waals surface area contributed by atoms with Gasteiger partial charge in [0.1, 0.15) is 11.2 Å². The minimum atomic E-state index is -1.32. The van der Waals surface area contributed by atoms with Crippen molar-refractivity contribution < 1.29 is 28.2 Å². The first-order valence-electron chi connectivity index (χ1n) is 7.92. The molecule has 0 aromatic heterocycles. The number of aliphatic carboxylic acids is 1. The van der Waals surface area contributed by atoms with E-state index in [1.807, 2.05) is 0 Å². The zero-order valence-corrected chi connectivity index (χ0v) is 14.3. The van der Waals surface area contributed by atoms with Gasteiger partial charge in [-0.15, -0.1) is 0 Å². The van der Waals surface area contributed by atoms with Crippen LogP contribution in [-0.2, 0) is 15.0 Å². The smallest absolute Gasteiger partial charge is 0.315 e. The van der Waals surface area contributed by atoms with E-state index in [0.29, 0.717) is 5.56 Å². The highest BCUT2D eigenvalue weighted by Gasteiger charge is 2.36. The van der Waals surface area contributed by atoms with Crippen LogP contribution in [0.1, 0.15) is 19.4 Å². The molecule has 0 aliphatic rings. The van der Waals surface area contributed by atoms with Crippen LogP contribution in [0, 0.1) is 11.6 Å². The van der Waals surface area contributed by atoms with E-state index in [-0.39, 0.29) is 12.3 Å². The molecule has 26 heavy (non-hydrogen) atoms. The quantitative estimate of drug-likeness (QED) is 0.793. The van der Waals surface area contributed by atoms with Crippen molar-refractivity contribution in [2.75, 3.05) is 6.54 Å². The zero-order valence-electron chi connectivity index (χ0n) is 14.3. The first-order chi connectivity index (χ1) is 12.2. The van der Waals surface area contributed by atoms with Crippen molar-refractivity contribution in [1.82, 2.24) is 5.32 Å². The van der Waals surface area contributed by atoms with Gasteiger partial charge in [-0.2, -0.15) is 0 Å². The molecule has 0 spiro atoms. The molecule has 2 atom stereocenters. The number of rotatable bonds is 7. The second kappa shape index (κ2) is 7.95. The number of carbonyl (C=O) groups is 2. The predicted octanol–water partition coefficient (Wildman–Crippen LogP) is 2.89. The highest BCUT2D eigenvalue weighted by molar-refractivity contribution is 5.84. The van der Waals surface area contributed by atoms with Crippen molar-refractivity contribution in [1.29, 1.82) is 0 Å². The third-order valence-corrected chi connectivity index (χ3v) is 4.07. The second-order valence-electron chi connectivity index (χ2n) is 6.06. The second-order valence-corrected chi connectivity index (χ2v) is 6.06. The summed E-state index contributed by atoms with van der Waals surface area (Å²) in [5.41, 5.74) is -0.777. The van der Waals surface area contributed by atoms with Crippen molar-refractivity contribution in [2.45, 2.75) is 25.4 Å². The molecule has 0 heterocycles. The molecule has 0 aliphatic carbocycles. The number of amides is 1. The molecule has 0 saturated carbocycles. The fourth-order valence-corrected chi connectivity index (χ4v) is 2.32. The number of carbonyl (C=O) groups excluding carboxylic acids is 1. The predicted molar refractivity (Wildman–Crippen MR) is 90.9 cm³/mol. The van der Waals surface area contributed by atoms with Crippen molar-refractivity contribution in [3.05, 3.63) is 65.7 Å². The molecule has 0 radical (unpaired) electrons. The zero-order chi connectivity index (χ0) is 19.3. The minimum absolute atomic E-state index is 0.00407. The molecule has 0 saturated heterocycles. The van der Waals surface area contributed by atoms with Gasteiger partial charge in [0, 0.05) is 12.6 Å². The molecule has 7 heteroatoms. The van der Waals surface area contributed by atoms with Gasteiger partial charge in [0.2, 0.25) is 0 Å². The summed E-state index contributed by atoms with van der Waals surface area (Å²) in [6.45, 7) is 2.78. The number of nitrogens with one attached hydrogen (secondary N) is 1. The van der Waals surface area contributed by atoms with Gasteiger partial charge in [-0.05, 0) is 31.5 Å². The van der Waals surface area contributed by atoms with Gasteiger partial charge in [-0.25, -0.2) is 8.78 Å². The van der Waals surface area contributed by atoms with E-state index in [9.17, 15) is 23.5 Å². The van der Waals surface area contributed by atoms with Crippen LogP contribution < -0.4 is 10.1 Å². The van der Waals surface area contributed by atoms with Crippen LogP contribution in [0.5, 0.6) is 5.75 Å². The van der Waals surface area contributed by atoms with Crippen LogP contribution in [0.3, 0.4) is 0 Å². The lowest BCUT2D eigenvalue weighted by molar-refractivity contribution is -0.143. The van der Waals surface area contributed by atoms with Crippen LogP contribution in [0.25, 0.3) is 0 Å². The third kappa shape index (κ3) is 4.36. The average molecular weight is 363 g/mol. The van der Waals surface area contributed by atoms with Crippen LogP contribution in [0.4, 0.5) is 8.78 Å². The Labute approximate surface area is 149 Å². The molecule has 0 fully saturated rings. The van der Waals surface area contributed by atoms with Crippen LogP contribution in [-0.4, -0.2) is 29.6 Å². The number of ether oxygens (including phenoxy) is 1. The van der Waals surface area contributed by atoms with Gasteiger partial charge in [-0.1, -0.05) is 30.3 Å². The molecular weight excluding hydrogens is 344 g/mol. The lowest BCUT2D eigenvalue weighted by atomic mass is 9.82. The Morgan fingerprint density at radius 2 is 1.81 bits per heavy atom. The molecule has 0 aliphatic heterocycles. The summed E-state index contributed by atoms with van der Waals surface area (Å²) in [6.07, 6.45) is -1.02. The summed E-state index contributed by atoms with van der Waals surface area (Å²) >= 11 is 0. The van der Waals surface area contributed by atoms with E-state index in [1.165, 1.54) is 19.9 Å². The fraction of sp³-hybridized carbons (Fsp3) is 0.263. The van der Waals surface area contributed by atoms with E-state index < -0.39 is 35.0 Å². The molecule has 5 nitrogen and oxygen atoms in total. The van der Waals surface area contributed by atoms with Crippen molar-refractivity contribution in [2.24, 2.45) is 0 Å². The summed E-state index contributed by atoms with van der Waals surface area (Å²) in [5, 5.41) is 12.1. The topological polar surface area (TPSA) is 75.6 Å². The van der Waals surface area contributed by atoms with E-state index in [1.54, 1.807) is 30.3 Å². The molecule has 2 aromatic rings. The molecule has 2 aromatic carbocycles. The number of benzene rings is 2. The lowest BCUT2D eigenvalue weighted by Crippen LogP contribution is -2.47. The summed E-state index contributed by atoms with van der Waals surface area (Å²) in [4.78, 5) is 23.9. The Balaban J connectivity index is 2.03. The average Bonchev–Trinajstić information content (AvgIpc) is 2.63. The summed E-state index contributed by atoms with van der Waals surface area (Å²) in [7, 11) is 0. The Bertz CT molecular complexity index is 797. The first kappa shape index (κ1) is 19.4. The Hall–Kier alpha value is -2.96.